The molecule has 0 aliphatic rings. The van der Waals surface area contributed by atoms with Gasteiger partial charge in [0, 0.05) is 0 Å². The Kier molecular flexibility index (Phi) is 8.39. The molecule has 0 saturated heterocycles. The van der Waals surface area contributed by atoms with Crippen molar-refractivity contribution in [3.05, 3.63) is 62.2 Å². The number of carbonyl (C=O) groups excluding carboxylic acids is 2. The van der Waals surface area contributed by atoms with Crippen LogP contribution >= 0.6 is 22.6 Å². The molecule has 31 heavy (non-hydrogen) atoms. The first kappa shape index (κ1) is 23.7. The minimum Gasteiger partial charge on any atom is -0.490 e. The van der Waals surface area contributed by atoms with Crippen molar-refractivity contribution in [3.63, 3.8) is 0 Å². The molecular formula is C21H18IN3O6. The SMILES string of the molecule is CCOc1cc(/C=C(/C#N)C(=O)NC(N)=O)cc(I)c1OCc1ccc(C(=O)O)cc1. The van der Waals surface area contributed by atoms with Crippen LogP contribution in [0.15, 0.2) is 42.0 Å². The monoisotopic (exact) mass is 535 g/mol. The highest BCUT2D eigenvalue weighted by atomic mass is 127. The van der Waals surface area contributed by atoms with Gasteiger partial charge in [0.05, 0.1) is 15.7 Å². The molecule has 160 valence electrons. The second-order valence-electron chi connectivity index (χ2n) is 6.04. The number of hydrogen-bond donors (Lipinski definition) is 3. The van der Waals surface area contributed by atoms with E-state index >= 15 is 0 Å². The number of halogens is 1. The van der Waals surface area contributed by atoms with E-state index < -0.39 is 17.9 Å². The first-order chi connectivity index (χ1) is 14.7. The summed E-state index contributed by atoms with van der Waals surface area (Å²) >= 11 is 2.03. The van der Waals surface area contributed by atoms with Gasteiger partial charge in [-0.1, -0.05) is 12.1 Å². The molecule has 2 rings (SSSR count). The molecule has 0 saturated carbocycles. The molecule has 0 radical (unpaired) electrons. The molecule has 0 spiro atoms. The maximum Gasteiger partial charge on any atom is 0.335 e. The molecule has 0 bridgehead atoms. The van der Waals surface area contributed by atoms with Gasteiger partial charge in [0.15, 0.2) is 11.5 Å². The van der Waals surface area contributed by atoms with Crippen LogP contribution in [0.2, 0.25) is 0 Å². The number of amides is 3. The maximum absolute atomic E-state index is 11.9. The molecule has 10 heteroatoms. The smallest absolute Gasteiger partial charge is 0.335 e. The van der Waals surface area contributed by atoms with Crippen LogP contribution in [0, 0.1) is 14.9 Å². The number of benzene rings is 2. The van der Waals surface area contributed by atoms with Gasteiger partial charge in [-0.15, -0.1) is 0 Å². The molecule has 4 N–H and O–H groups in total. The van der Waals surface area contributed by atoms with Gasteiger partial charge in [-0.2, -0.15) is 5.26 Å². The van der Waals surface area contributed by atoms with Crippen molar-refractivity contribution in [2.45, 2.75) is 13.5 Å². The number of carbonyl (C=O) groups is 3. The third kappa shape index (κ3) is 6.71. The minimum absolute atomic E-state index is 0.176. The number of nitrogens with two attached hydrogens (primary N) is 1. The van der Waals surface area contributed by atoms with E-state index in [4.69, 9.17) is 20.3 Å². The topological polar surface area (TPSA) is 152 Å². The number of hydrogen-bond acceptors (Lipinski definition) is 6. The summed E-state index contributed by atoms with van der Waals surface area (Å²) < 4.78 is 12.2. The van der Waals surface area contributed by atoms with Crippen LogP contribution in [0.4, 0.5) is 4.79 Å². The molecular weight excluding hydrogens is 517 g/mol. The standard InChI is InChI=1S/C21H18IN3O6/c1-2-30-17-9-13(7-15(10-23)19(26)25-21(24)29)8-16(22)18(17)31-11-12-3-5-14(6-4-12)20(27)28/h3-9H,2,11H2,1H3,(H,27,28)(H3,24,25,26,29)/b15-7-. The fourth-order valence-corrected chi connectivity index (χ4v) is 3.25. The highest BCUT2D eigenvalue weighted by Gasteiger charge is 2.15. The Morgan fingerprint density at radius 3 is 2.45 bits per heavy atom. The highest BCUT2D eigenvalue weighted by molar-refractivity contribution is 14.1. The zero-order chi connectivity index (χ0) is 23.0. The molecule has 0 atom stereocenters. The number of aromatic carboxylic acids is 1. The van der Waals surface area contributed by atoms with Gasteiger partial charge >= 0.3 is 12.0 Å². The molecule has 0 aromatic heterocycles. The van der Waals surface area contributed by atoms with E-state index in [0.29, 0.717) is 27.2 Å². The summed E-state index contributed by atoms with van der Waals surface area (Å²) in [6.07, 6.45) is 1.30. The molecule has 3 amide bonds. The third-order valence-corrected chi connectivity index (χ3v) is 4.63. The van der Waals surface area contributed by atoms with Crippen LogP contribution < -0.4 is 20.5 Å². The summed E-state index contributed by atoms with van der Waals surface area (Å²) in [5.41, 5.74) is 6.05. The molecule has 9 nitrogen and oxygen atoms in total. The average Bonchev–Trinajstić information content (AvgIpc) is 2.71. The highest BCUT2D eigenvalue weighted by Crippen LogP contribution is 2.35. The lowest BCUT2D eigenvalue weighted by atomic mass is 10.1. The van der Waals surface area contributed by atoms with Gasteiger partial charge in [0.25, 0.3) is 5.91 Å². The number of rotatable bonds is 8. The molecule has 0 aliphatic heterocycles. The lowest BCUT2D eigenvalue weighted by Crippen LogP contribution is -2.35. The lowest BCUT2D eigenvalue weighted by molar-refractivity contribution is -0.115. The summed E-state index contributed by atoms with van der Waals surface area (Å²) in [6, 6.07) is 10.2. The van der Waals surface area contributed by atoms with Gasteiger partial charge in [-0.3, -0.25) is 10.1 Å². The van der Waals surface area contributed by atoms with E-state index in [9.17, 15) is 19.6 Å². The Balaban J connectivity index is 2.30. The first-order valence-electron chi connectivity index (χ1n) is 8.89. The number of carboxylic acid groups (broad SMARTS) is 1. The molecule has 0 unspecified atom stereocenters. The van der Waals surface area contributed by atoms with Gasteiger partial charge in [-0.25, -0.2) is 9.59 Å². The fourth-order valence-electron chi connectivity index (χ4n) is 2.47. The van der Waals surface area contributed by atoms with E-state index in [1.807, 2.05) is 27.9 Å². The van der Waals surface area contributed by atoms with Crippen LogP contribution in [0.1, 0.15) is 28.4 Å². The predicted octanol–water partition coefficient (Wildman–Crippen LogP) is 3.07. The fraction of sp³-hybridized carbons (Fsp3) is 0.143. The summed E-state index contributed by atoms with van der Waals surface area (Å²) in [6.45, 7) is 2.32. The van der Waals surface area contributed by atoms with Crippen molar-refractivity contribution in [2.75, 3.05) is 6.61 Å². The van der Waals surface area contributed by atoms with Crippen LogP contribution in [-0.2, 0) is 11.4 Å². The number of nitriles is 1. The largest absolute Gasteiger partial charge is 0.490 e. The molecule has 2 aromatic rings. The second kappa shape index (κ2) is 11.0. The van der Waals surface area contributed by atoms with Gasteiger partial charge in [0.2, 0.25) is 0 Å². The molecule has 0 heterocycles. The number of primary amides is 1. The molecule has 0 fully saturated rings. The van der Waals surface area contributed by atoms with Crippen LogP contribution in [-0.4, -0.2) is 29.6 Å². The van der Waals surface area contributed by atoms with E-state index in [2.05, 4.69) is 0 Å². The van der Waals surface area contributed by atoms with Crippen molar-refractivity contribution in [1.29, 1.82) is 5.26 Å². The number of nitrogens with zero attached hydrogens (tertiary/aromatic N) is 1. The van der Waals surface area contributed by atoms with Crippen molar-refractivity contribution in [1.82, 2.24) is 5.32 Å². The maximum atomic E-state index is 11.9. The van der Waals surface area contributed by atoms with Crippen molar-refractivity contribution in [3.8, 4) is 17.6 Å². The Morgan fingerprint density at radius 1 is 1.23 bits per heavy atom. The Hall–Kier alpha value is -3.59. The third-order valence-electron chi connectivity index (χ3n) is 3.83. The molecule has 0 aliphatic carbocycles. The van der Waals surface area contributed by atoms with Gasteiger partial charge < -0.3 is 20.3 Å². The summed E-state index contributed by atoms with van der Waals surface area (Å²) in [7, 11) is 0. The van der Waals surface area contributed by atoms with E-state index in [1.54, 1.807) is 37.3 Å². The van der Waals surface area contributed by atoms with Crippen molar-refractivity contribution >= 4 is 46.6 Å². The molecule has 2 aromatic carbocycles. The summed E-state index contributed by atoms with van der Waals surface area (Å²) in [5.74, 6) is -1.06. The number of urea groups is 1. The van der Waals surface area contributed by atoms with Crippen molar-refractivity contribution in [2.24, 2.45) is 5.73 Å². The van der Waals surface area contributed by atoms with Crippen LogP contribution in [0.3, 0.4) is 0 Å². The summed E-state index contributed by atoms with van der Waals surface area (Å²) in [4.78, 5) is 33.7. The predicted molar refractivity (Wildman–Crippen MR) is 119 cm³/mol. The van der Waals surface area contributed by atoms with Crippen molar-refractivity contribution < 1.29 is 29.0 Å². The quantitative estimate of drug-likeness (QED) is 0.267. The minimum atomic E-state index is -1.06. The van der Waals surface area contributed by atoms with E-state index in [0.717, 1.165) is 5.56 Å². The van der Waals surface area contributed by atoms with Crippen LogP contribution in [0.25, 0.3) is 6.08 Å². The van der Waals surface area contributed by atoms with E-state index in [-0.39, 0.29) is 17.7 Å². The van der Waals surface area contributed by atoms with Gasteiger partial charge in [0.1, 0.15) is 18.2 Å². The average molecular weight is 535 g/mol. The number of nitrogens with one attached hydrogen (secondary N) is 1. The summed E-state index contributed by atoms with van der Waals surface area (Å²) in [5, 5.41) is 20.0. The zero-order valence-electron chi connectivity index (χ0n) is 16.3. The second-order valence-corrected chi connectivity index (χ2v) is 7.20. The Labute approximate surface area is 191 Å². The lowest BCUT2D eigenvalue weighted by Gasteiger charge is -2.15. The van der Waals surface area contributed by atoms with E-state index in [1.165, 1.54) is 18.2 Å². The number of imide groups is 1. The first-order valence-corrected chi connectivity index (χ1v) is 9.97. The Morgan fingerprint density at radius 2 is 1.90 bits per heavy atom. The normalized spacial score (nSPS) is 10.7. The van der Waals surface area contributed by atoms with Gasteiger partial charge in [-0.05, 0) is 71.0 Å². The number of carboxylic acids is 1. The van der Waals surface area contributed by atoms with Crippen LogP contribution in [0.5, 0.6) is 11.5 Å². The Bertz CT molecular complexity index is 1070. The number of ether oxygens (including phenoxy) is 2. The zero-order valence-corrected chi connectivity index (χ0v) is 18.5.